The van der Waals surface area contributed by atoms with E-state index in [1.54, 1.807) is 0 Å². The molecule has 0 saturated carbocycles. The highest BCUT2D eigenvalue weighted by Crippen LogP contribution is 2.29. The molecule has 0 aliphatic rings. The molecule has 0 radical (unpaired) electrons. The van der Waals surface area contributed by atoms with Gasteiger partial charge in [0.05, 0.1) is 5.56 Å². The van der Waals surface area contributed by atoms with Crippen molar-refractivity contribution in [3.63, 3.8) is 0 Å². The quantitative estimate of drug-likeness (QED) is 0.589. The first kappa shape index (κ1) is 16.7. The highest BCUT2D eigenvalue weighted by atomic mass is 19.4. The molecule has 118 valence electrons. The Balaban J connectivity index is 1.90. The van der Waals surface area contributed by atoms with Crippen molar-refractivity contribution in [1.29, 1.82) is 0 Å². The first-order chi connectivity index (χ1) is 11.0. The van der Waals surface area contributed by atoms with Gasteiger partial charge < -0.3 is 5.32 Å². The molecule has 0 aromatic heterocycles. The summed E-state index contributed by atoms with van der Waals surface area (Å²) >= 11 is 0. The zero-order chi connectivity index (χ0) is 16.7. The predicted octanol–water partition coefficient (Wildman–Crippen LogP) is 5.22. The lowest BCUT2D eigenvalue weighted by molar-refractivity contribution is -0.137. The number of hydrogen-bond acceptors (Lipinski definition) is 1. The Hall–Kier alpha value is -2.67. The molecule has 0 fully saturated rings. The number of alkyl halides is 3. The van der Waals surface area contributed by atoms with Gasteiger partial charge in [0.2, 0.25) is 0 Å². The minimum Gasteiger partial charge on any atom is -0.385 e. The SMILES string of the molecule is C#C/C(=C\CCNc1ccc(C(F)(F)F)cc1)c1ccccc1. The lowest BCUT2D eigenvalue weighted by Crippen LogP contribution is -2.05. The van der Waals surface area contributed by atoms with Gasteiger partial charge in [-0.1, -0.05) is 42.3 Å². The Morgan fingerprint density at radius 2 is 1.70 bits per heavy atom. The van der Waals surface area contributed by atoms with Crippen molar-refractivity contribution < 1.29 is 13.2 Å². The molecule has 0 bridgehead atoms. The molecule has 0 unspecified atom stereocenters. The van der Waals surface area contributed by atoms with Crippen LogP contribution in [0.1, 0.15) is 17.5 Å². The normalized spacial score (nSPS) is 11.8. The zero-order valence-electron chi connectivity index (χ0n) is 12.4. The highest BCUT2D eigenvalue weighted by Gasteiger charge is 2.29. The second kappa shape index (κ2) is 7.55. The van der Waals surface area contributed by atoms with Crippen LogP contribution in [0.2, 0.25) is 0 Å². The highest BCUT2D eigenvalue weighted by molar-refractivity contribution is 5.78. The second-order valence-electron chi connectivity index (χ2n) is 4.92. The van der Waals surface area contributed by atoms with Gasteiger partial charge in [0.25, 0.3) is 0 Å². The third-order valence-electron chi connectivity index (χ3n) is 3.27. The first-order valence-corrected chi connectivity index (χ1v) is 7.14. The Labute approximate surface area is 133 Å². The Kier molecular flexibility index (Phi) is 5.48. The molecular formula is C19H16F3N. The van der Waals surface area contributed by atoms with E-state index < -0.39 is 11.7 Å². The number of anilines is 1. The van der Waals surface area contributed by atoms with E-state index in [1.807, 2.05) is 36.4 Å². The molecule has 1 nitrogen and oxygen atoms in total. The molecule has 0 aliphatic heterocycles. The molecule has 23 heavy (non-hydrogen) atoms. The van der Waals surface area contributed by atoms with E-state index >= 15 is 0 Å². The number of rotatable bonds is 5. The van der Waals surface area contributed by atoms with Crippen LogP contribution in [0.25, 0.3) is 5.57 Å². The molecule has 2 rings (SSSR count). The largest absolute Gasteiger partial charge is 0.416 e. The summed E-state index contributed by atoms with van der Waals surface area (Å²) in [5.41, 5.74) is 1.78. The van der Waals surface area contributed by atoms with Crippen molar-refractivity contribution in [3.8, 4) is 12.3 Å². The summed E-state index contributed by atoms with van der Waals surface area (Å²) in [5.74, 6) is 2.65. The minimum atomic E-state index is -4.31. The van der Waals surface area contributed by atoms with Gasteiger partial charge in [0.1, 0.15) is 0 Å². The zero-order valence-corrected chi connectivity index (χ0v) is 12.4. The molecular weight excluding hydrogens is 299 g/mol. The monoisotopic (exact) mass is 315 g/mol. The van der Waals surface area contributed by atoms with Crippen LogP contribution in [-0.4, -0.2) is 6.54 Å². The molecule has 0 saturated heterocycles. The van der Waals surface area contributed by atoms with E-state index in [4.69, 9.17) is 6.42 Å². The third-order valence-corrected chi connectivity index (χ3v) is 3.27. The third kappa shape index (κ3) is 4.93. The van der Waals surface area contributed by atoms with Crippen molar-refractivity contribution in [2.75, 3.05) is 11.9 Å². The Morgan fingerprint density at radius 3 is 2.26 bits per heavy atom. The van der Waals surface area contributed by atoms with Gasteiger partial charge in [-0.05, 0) is 36.2 Å². The summed E-state index contributed by atoms with van der Waals surface area (Å²) in [4.78, 5) is 0. The van der Waals surface area contributed by atoms with Gasteiger partial charge in [0.15, 0.2) is 0 Å². The molecule has 2 aromatic carbocycles. The predicted molar refractivity (Wildman–Crippen MR) is 87.8 cm³/mol. The standard InChI is InChI=1S/C19H16F3N/c1-2-15(16-7-4-3-5-8-16)9-6-14-23-18-12-10-17(11-13-18)19(20,21)22/h1,3-5,7-13,23H,6,14H2/b15-9+. The fourth-order valence-corrected chi connectivity index (χ4v) is 2.09. The summed E-state index contributed by atoms with van der Waals surface area (Å²) in [5, 5.41) is 3.07. The van der Waals surface area contributed by atoms with Gasteiger partial charge >= 0.3 is 6.18 Å². The molecule has 4 heteroatoms. The molecule has 0 spiro atoms. The molecule has 2 aromatic rings. The van der Waals surface area contributed by atoms with Gasteiger partial charge in [-0.2, -0.15) is 13.2 Å². The topological polar surface area (TPSA) is 12.0 Å². The maximum atomic E-state index is 12.5. The van der Waals surface area contributed by atoms with E-state index in [0.29, 0.717) is 18.7 Å². The van der Waals surface area contributed by atoms with Crippen molar-refractivity contribution >= 4 is 11.3 Å². The Bertz CT molecular complexity index is 692. The number of nitrogens with one attached hydrogen (secondary N) is 1. The molecule has 0 amide bonds. The van der Waals surface area contributed by atoms with Crippen molar-refractivity contribution in [2.24, 2.45) is 0 Å². The van der Waals surface area contributed by atoms with Crippen molar-refractivity contribution in [3.05, 3.63) is 71.8 Å². The van der Waals surface area contributed by atoms with E-state index in [-0.39, 0.29) is 0 Å². The van der Waals surface area contributed by atoms with E-state index in [9.17, 15) is 13.2 Å². The maximum absolute atomic E-state index is 12.5. The van der Waals surface area contributed by atoms with E-state index in [0.717, 1.165) is 23.3 Å². The van der Waals surface area contributed by atoms with Gasteiger partial charge in [-0.25, -0.2) is 0 Å². The van der Waals surface area contributed by atoms with Crippen LogP contribution >= 0.6 is 0 Å². The summed E-state index contributed by atoms with van der Waals surface area (Å²) in [6.07, 6.45) is 3.82. The van der Waals surface area contributed by atoms with Crippen LogP contribution in [0, 0.1) is 12.3 Å². The van der Waals surface area contributed by atoms with Crippen LogP contribution in [0.3, 0.4) is 0 Å². The molecule has 0 aliphatic carbocycles. The van der Waals surface area contributed by atoms with E-state index in [2.05, 4.69) is 11.2 Å². The summed E-state index contributed by atoms with van der Waals surface area (Å²) < 4.78 is 37.4. The Morgan fingerprint density at radius 1 is 1.04 bits per heavy atom. The lowest BCUT2D eigenvalue weighted by atomic mass is 10.1. The van der Waals surface area contributed by atoms with Gasteiger partial charge in [0, 0.05) is 17.8 Å². The smallest absolute Gasteiger partial charge is 0.385 e. The summed E-state index contributed by atoms with van der Waals surface area (Å²) in [7, 11) is 0. The van der Waals surface area contributed by atoms with Gasteiger partial charge in [-0.3, -0.25) is 0 Å². The molecule has 0 atom stereocenters. The number of hydrogen-bond donors (Lipinski definition) is 1. The van der Waals surface area contributed by atoms with Gasteiger partial charge in [-0.15, -0.1) is 6.42 Å². The fourth-order valence-electron chi connectivity index (χ4n) is 2.09. The summed E-state index contributed by atoms with van der Waals surface area (Å²) in [6, 6.07) is 14.6. The maximum Gasteiger partial charge on any atom is 0.416 e. The number of allylic oxidation sites excluding steroid dienone is 1. The van der Waals surface area contributed by atoms with Crippen LogP contribution in [0.5, 0.6) is 0 Å². The molecule has 0 heterocycles. The number of benzene rings is 2. The minimum absolute atomic E-state index is 0.587. The number of halogens is 3. The second-order valence-corrected chi connectivity index (χ2v) is 4.92. The molecule has 1 N–H and O–H groups in total. The first-order valence-electron chi connectivity index (χ1n) is 7.14. The van der Waals surface area contributed by atoms with Crippen LogP contribution < -0.4 is 5.32 Å². The van der Waals surface area contributed by atoms with Crippen LogP contribution in [-0.2, 0) is 6.18 Å². The summed E-state index contributed by atoms with van der Waals surface area (Å²) in [6.45, 7) is 0.587. The average Bonchev–Trinajstić information content (AvgIpc) is 2.55. The van der Waals surface area contributed by atoms with Crippen LogP contribution in [0.4, 0.5) is 18.9 Å². The van der Waals surface area contributed by atoms with Crippen LogP contribution in [0.15, 0.2) is 60.7 Å². The fraction of sp³-hybridized carbons (Fsp3) is 0.158. The van der Waals surface area contributed by atoms with Crippen molar-refractivity contribution in [1.82, 2.24) is 0 Å². The lowest BCUT2D eigenvalue weighted by Gasteiger charge is -2.09. The number of terminal acetylenes is 1. The average molecular weight is 315 g/mol. The van der Waals surface area contributed by atoms with E-state index in [1.165, 1.54) is 12.1 Å². The van der Waals surface area contributed by atoms with Crippen molar-refractivity contribution in [2.45, 2.75) is 12.6 Å².